The van der Waals surface area contributed by atoms with Crippen molar-refractivity contribution >= 4 is 11.9 Å². The summed E-state index contributed by atoms with van der Waals surface area (Å²) in [7, 11) is 0. The first kappa shape index (κ1) is 13.8. The van der Waals surface area contributed by atoms with Crippen LogP contribution in [0.5, 0.6) is 0 Å². The average Bonchev–Trinajstić information content (AvgIpc) is 3.06. The molecule has 1 fully saturated rings. The van der Waals surface area contributed by atoms with Crippen molar-refractivity contribution in [1.29, 1.82) is 0 Å². The van der Waals surface area contributed by atoms with Gasteiger partial charge in [-0.05, 0) is 6.07 Å². The van der Waals surface area contributed by atoms with Crippen LogP contribution in [0.1, 0.15) is 5.56 Å². The van der Waals surface area contributed by atoms with Crippen LogP contribution in [0.3, 0.4) is 0 Å². The first-order valence-corrected chi connectivity index (χ1v) is 6.63. The lowest BCUT2D eigenvalue weighted by Crippen LogP contribution is -2.46. The number of carbonyl (C=O) groups is 2. The smallest absolute Gasteiger partial charge is 0.227 e. The number of amides is 1. The van der Waals surface area contributed by atoms with E-state index in [-0.39, 0.29) is 6.54 Å². The van der Waals surface area contributed by atoms with Crippen molar-refractivity contribution in [2.45, 2.75) is 18.8 Å². The summed E-state index contributed by atoms with van der Waals surface area (Å²) < 4.78 is 18.9. The molecule has 2 bridgehead atoms. The molecule has 6 heteroatoms. The molecule has 110 valence electrons. The van der Waals surface area contributed by atoms with E-state index < -0.39 is 41.7 Å². The van der Waals surface area contributed by atoms with Crippen molar-refractivity contribution in [2.75, 3.05) is 0 Å². The second-order valence-corrected chi connectivity index (χ2v) is 5.13. The van der Waals surface area contributed by atoms with E-state index in [9.17, 15) is 19.1 Å². The summed E-state index contributed by atoms with van der Waals surface area (Å²) in [6.07, 6.45) is 2.13. The number of halogens is 1. The molecule has 3 rings (SSSR count). The largest absolute Gasteiger partial charge is 0.550 e. The highest BCUT2D eigenvalue weighted by molar-refractivity contribution is 5.86. The predicted molar refractivity (Wildman–Crippen MR) is 68.0 cm³/mol. The zero-order chi connectivity index (χ0) is 15.0. The summed E-state index contributed by atoms with van der Waals surface area (Å²) in [4.78, 5) is 23.4. The van der Waals surface area contributed by atoms with Crippen molar-refractivity contribution in [2.24, 2.45) is 11.8 Å². The first-order chi connectivity index (χ1) is 10.1. The molecule has 1 aromatic rings. The monoisotopic (exact) mass is 290 g/mol. The van der Waals surface area contributed by atoms with Gasteiger partial charge in [0, 0.05) is 24.0 Å². The molecule has 1 aromatic carbocycles. The van der Waals surface area contributed by atoms with Gasteiger partial charge < -0.3 is 20.0 Å². The molecule has 0 saturated carbocycles. The standard InChI is InChI=1S/C15H14FNO4/c16-9-4-2-1-3-8(9)7-17-14(18)12-10-5-6-11(21-10)13(12)15(19)20/h1-6,10-13H,7H2,(H,17,18)(H,19,20)/p-1/t10-,11+,12-,13+/m1/s1. The SMILES string of the molecule is O=C([O-])[C@@H]1[C@H](C(=O)NCc2ccccc2F)[C@H]2C=C[C@@H]1O2. The molecule has 0 radical (unpaired) electrons. The summed E-state index contributed by atoms with van der Waals surface area (Å²) in [5.74, 6) is -4.03. The molecular formula is C15H13FNO4-. The van der Waals surface area contributed by atoms with E-state index in [1.165, 1.54) is 6.07 Å². The van der Waals surface area contributed by atoms with Crippen LogP contribution < -0.4 is 10.4 Å². The zero-order valence-electron chi connectivity index (χ0n) is 11.0. The summed E-state index contributed by atoms with van der Waals surface area (Å²) in [5, 5.41) is 13.7. The van der Waals surface area contributed by atoms with Gasteiger partial charge in [0.15, 0.2) is 0 Å². The zero-order valence-corrected chi connectivity index (χ0v) is 11.0. The number of carboxylic acids is 1. The first-order valence-electron chi connectivity index (χ1n) is 6.63. The van der Waals surface area contributed by atoms with Crippen LogP contribution in [0.25, 0.3) is 0 Å². The minimum Gasteiger partial charge on any atom is -0.550 e. The van der Waals surface area contributed by atoms with Gasteiger partial charge >= 0.3 is 0 Å². The van der Waals surface area contributed by atoms with Gasteiger partial charge in [0.05, 0.1) is 18.1 Å². The maximum absolute atomic E-state index is 13.5. The highest BCUT2D eigenvalue weighted by atomic mass is 19.1. The number of hydrogen-bond acceptors (Lipinski definition) is 4. The number of rotatable bonds is 4. The fourth-order valence-electron chi connectivity index (χ4n) is 2.84. The highest BCUT2D eigenvalue weighted by Gasteiger charge is 2.50. The van der Waals surface area contributed by atoms with Crippen LogP contribution in [0.15, 0.2) is 36.4 Å². The number of carbonyl (C=O) groups excluding carboxylic acids is 2. The molecule has 2 aliphatic rings. The summed E-state index contributed by atoms with van der Waals surface area (Å²) in [6.45, 7) is 0.00285. The lowest BCUT2D eigenvalue weighted by molar-refractivity contribution is -0.313. The number of ether oxygens (including phenoxy) is 1. The van der Waals surface area contributed by atoms with Gasteiger partial charge in [-0.3, -0.25) is 4.79 Å². The van der Waals surface area contributed by atoms with E-state index in [4.69, 9.17) is 4.74 Å². The highest BCUT2D eigenvalue weighted by Crippen LogP contribution is 2.38. The number of aliphatic carboxylic acids is 1. The van der Waals surface area contributed by atoms with Crippen LogP contribution in [0.2, 0.25) is 0 Å². The fraction of sp³-hybridized carbons (Fsp3) is 0.333. The van der Waals surface area contributed by atoms with Gasteiger partial charge in [-0.2, -0.15) is 0 Å². The van der Waals surface area contributed by atoms with Crippen LogP contribution >= 0.6 is 0 Å². The Bertz CT molecular complexity index is 615. The van der Waals surface area contributed by atoms with Gasteiger partial charge in [0.1, 0.15) is 5.82 Å². The van der Waals surface area contributed by atoms with Gasteiger partial charge in [0.25, 0.3) is 0 Å². The molecule has 0 spiro atoms. The quantitative estimate of drug-likeness (QED) is 0.776. The van der Waals surface area contributed by atoms with E-state index in [0.717, 1.165) is 0 Å². The molecule has 2 heterocycles. The third kappa shape index (κ3) is 2.42. The number of benzene rings is 1. The average molecular weight is 290 g/mol. The van der Waals surface area contributed by atoms with E-state index in [0.29, 0.717) is 5.56 Å². The predicted octanol–water partition coefficient (Wildman–Crippen LogP) is -0.239. The molecule has 5 nitrogen and oxygen atoms in total. The van der Waals surface area contributed by atoms with Crippen molar-refractivity contribution in [3.8, 4) is 0 Å². The number of nitrogens with one attached hydrogen (secondary N) is 1. The van der Waals surface area contributed by atoms with E-state index in [1.807, 2.05) is 0 Å². The molecule has 0 unspecified atom stereocenters. The van der Waals surface area contributed by atoms with E-state index >= 15 is 0 Å². The fourth-order valence-corrected chi connectivity index (χ4v) is 2.84. The molecule has 1 saturated heterocycles. The maximum Gasteiger partial charge on any atom is 0.227 e. The third-order valence-electron chi connectivity index (χ3n) is 3.89. The van der Waals surface area contributed by atoms with Crippen LogP contribution in [0, 0.1) is 17.7 Å². The maximum atomic E-state index is 13.5. The molecule has 0 aromatic heterocycles. The minimum absolute atomic E-state index is 0.00285. The Kier molecular flexibility index (Phi) is 3.47. The second kappa shape index (κ2) is 5.29. The number of fused-ring (bicyclic) bond motifs is 2. The van der Waals surface area contributed by atoms with Crippen LogP contribution in [0.4, 0.5) is 4.39 Å². The Balaban J connectivity index is 1.69. The Hall–Kier alpha value is -2.21. The number of carboxylic acid groups (broad SMARTS) is 1. The normalized spacial score (nSPS) is 29.6. The van der Waals surface area contributed by atoms with Gasteiger partial charge in [-0.25, -0.2) is 4.39 Å². The van der Waals surface area contributed by atoms with Crippen LogP contribution in [-0.2, 0) is 20.9 Å². The topological polar surface area (TPSA) is 78.5 Å². The molecule has 2 aliphatic heterocycles. The van der Waals surface area contributed by atoms with Crippen molar-refractivity contribution < 1.29 is 23.8 Å². The van der Waals surface area contributed by atoms with E-state index in [2.05, 4.69) is 5.32 Å². The van der Waals surface area contributed by atoms with Gasteiger partial charge in [-0.1, -0.05) is 30.4 Å². The second-order valence-electron chi connectivity index (χ2n) is 5.13. The van der Waals surface area contributed by atoms with Gasteiger partial charge in [0.2, 0.25) is 5.91 Å². The number of hydrogen-bond donors (Lipinski definition) is 1. The van der Waals surface area contributed by atoms with Crippen molar-refractivity contribution in [3.63, 3.8) is 0 Å². The Labute approximate surface area is 120 Å². The minimum atomic E-state index is -1.31. The summed E-state index contributed by atoms with van der Waals surface area (Å²) in [5.41, 5.74) is 0.343. The Morgan fingerprint density at radius 2 is 1.86 bits per heavy atom. The summed E-state index contributed by atoms with van der Waals surface area (Å²) in [6, 6.07) is 6.08. The van der Waals surface area contributed by atoms with E-state index in [1.54, 1.807) is 30.4 Å². The van der Waals surface area contributed by atoms with Crippen molar-refractivity contribution in [3.05, 3.63) is 47.8 Å². The molecular weight excluding hydrogens is 277 g/mol. The Morgan fingerprint density at radius 1 is 1.19 bits per heavy atom. The Morgan fingerprint density at radius 3 is 2.52 bits per heavy atom. The third-order valence-corrected chi connectivity index (χ3v) is 3.89. The molecule has 1 amide bonds. The molecule has 0 aliphatic carbocycles. The molecule has 4 atom stereocenters. The lowest BCUT2D eigenvalue weighted by Gasteiger charge is -2.25. The van der Waals surface area contributed by atoms with Crippen molar-refractivity contribution in [1.82, 2.24) is 5.32 Å². The summed E-state index contributed by atoms with van der Waals surface area (Å²) >= 11 is 0. The van der Waals surface area contributed by atoms with Crippen LogP contribution in [-0.4, -0.2) is 24.1 Å². The molecule has 21 heavy (non-hydrogen) atoms. The lowest BCUT2D eigenvalue weighted by atomic mass is 9.82. The molecule has 1 N–H and O–H groups in total. The van der Waals surface area contributed by atoms with Gasteiger partial charge in [-0.15, -0.1) is 0 Å².